The Labute approximate surface area is 74.3 Å². The SMILES string of the molecule is Cn1cc(C(=O)C2CSC2)nn1. The van der Waals surface area contributed by atoms with Crippen LogP contribution >= 0.6 is 11.8 Å². The largest absolute Gasteiger partial charge is 0.292 e. The van der Waals surface area contributed by atoms with Crippen LogP contribution in [-0.4, -0.2) is 32.3 Å². The van der Waals surface area contributed by atoms with E-state index < -0.39 is 0 Å². The topological polar surface area (TPSA) is 47.8 Å². The standard InChI is InChI=1S/C7H9N3OS/c1-10-2-6(8-9-10)7(11)5-3-12-4-5/h2,5H,3-4H2,1H3. The molecular weight excluding hydrogens is 174 g/mol. The van der Waals surface area contributed by atoms with E-state index in [0.717, 1.165) is 11.5 Å². The Kier molecular flexibility index (Phi) is 1.88. The van der Waals surface area contributed by atoms with Crippen LogP contribution in [0.2, 0.25) is 0 Å². The molecule has 1 saturated heterocycles. The molecule has 1 aromatic rings. The van der Waals surface area contributed by atoms with Gasteiger partial charge in [0, 0.05) is 24.5 Å². The Bertz CT molecular complexity index is 305. The van der Waals surface area contributed by atoms with Crippen molar-refractivity contribution >= 4 is 17.5 Å². The molecule has 0 aromatic carbocycles. The third-order valence-corrected chi connectivity index (χ3v) is 3.14. The maximum Gasteiger partial charge on any atom is 0.189 e. The van der Waals surface area contributed by atoms with Crippen molar-refractivity contribution in [3.05, 3.63) is 11.9 Å². The zero-order valence-electron chi connectivity index (χ0n) is 6.73. The lowest BCUT2D eigenvalue weighted by Gasteiger charge is -2.21. The molecule has 1 aliphatic heterocycles. The molecule has 0 spiro atoms. The van der Waals surface area contributed by atoms with Crippen LogP contribution < -0.4 is 0 Å². The van der Waals surface area contributed by atoms with E-state index in [1.807, 2.05) is 0 Å². The van der Waals surface area contributed by atoms with Crippen molar-refractivity contribution in [3.8, 4) is 0 Å². The lowest BCUT2D eigenvalue weighted by Crippen LogP contribution is -2.27. The number of aryl methyl sites for hydroxylation is 1. The summed E-state index contributed by atoms with van der Waals surface area (Å²) in [5.74, 6) is 2.21. The molecule has 0 amide bonds. The third-order valence-electron chi connectivity index (χ3n) is 1.86. The highest BCUT2D eigenvalue weighted by Crippen LogP contribution is 2.26. The van der Waals surface area contributed by atoms with Gasteiger partial charge in [-0.1, -0.05) is 5.21 Å². The monoisotopic (exact) mass is 183 g/mol. The zero-order valence-corrected chi connectivity index (χ0v) is 7.54. The predicted molar refractivity (Wildman–Crippen MR) is 46.1 cm³/mol. The first-order chi connectivity index (χ1) is 5.77. The van der Waals surface area contributed by atoms with E-state index in [4.69, 9.17) is 0 Å². The minimum absolute atomic E-state index is 0.141. The Balaban J connectivity index is 2.13. The summed E-state index contributed by atoms with van der Waals surface area (Å²) < 4.78 is 1.55. The van der Waals surface area contributed by atoms with Gasteiger partial charge in [0.05, 0.1) is 6.20 Å². The highest BCUT2D eigenvalue weighted by Gasteiger charge is 2.28. The van der Waals surface area contributed by atoms with Crippen LogP contribution in [0.1, 0.15) is 10.5 Å². The Morgan fingerprint density at radius 1 is 1.75 bits per heavy atom. The van der Waals surface area contributed by atoms with Crippen LogP contribution in [0, 0.1) is 5.92 Å². The molecule has 0 atom stereocenters. The number of hydrogen-bond donors (Lipinski definition) is 0. The van der Waals surface area contributed by atoms with E-state index in [-0.39, 0.29) is 11.7 Å². The summed E-state index contributed by atoms with van der Waals surface area (Å²) in [5.41, 5.74) is 0.503. The molecule has 2 rings (SSSR count). The first kappa shape index (κ1) is 7.79. The summed E-state index contributed by atoms with van der Waals surface area (Å²) in [6.45, 7) is 0. The van der Waals surface area contributed by atoms with Crippen LogP contribution in [-0.2, 0) is 7.05 Å². The second-order valence-corrected chi connectivity index (χ2v) is 3.95. The fourth-order valence-corrected chi connectivity index (χ4v) is 1.83. The van der Waals surface area contributed by atoms with Crippen molar-refractivity contribution in [2.75, 3.05) is 11.5 Å². The number of nitrogens with zero attached hydrogens (tertiary/aromatic N) is 3. The smallest absolute Gasteiger partial charge is 0.189 e. The molecule has 0 aliphatic carbocycles. The minimum Gasteiger partial charge on any atom is -0.292 e. The number of ketones is 1. The van der Waals surface area contributed by atoms with E-state index in [1.165, 1.54) is 0 Å². The molecule has 5 heteroatoms. The first-order valence-corrected chi connectivity index (χ1v) is 4.91. The molecule has 2 heterocycles. The fraction of sp³-hybridized carbons (Fsp3) is 0.571. The van der Waals surface area contributed by atoms with Crippen LogP contribution in [0.15, 0.2) is 6.20 Å². The highest BCUT2D eigenvalue weighted by molar-refractivity contribution is 8.00. The summed E-state index contributed by atoms with van der Waals surface area (Å²) in [4.78, 5) is 11.5. The Morgan fingerprint density at radius 2 is 2.50 bits per heavy atom. The van der Waals surface area contributed by atoms with Crippen molar-refractivity contribution in [2.24, 2.45) is 13.0 Å². The third kappa shape index (κ3) is 1.24. The van der Waals surface area contributed by atoms with Gasteiger partial charge in [-0.25, -0.2) is 0 Å². The van der Waals surface area contributed by atoms with Gasteiger partial charge in [-0.15, -0.1) is 5.10 Å². The van der Waals surface area contributed by atoms with Gasteiger partial charge in [0.25, 0.3) is 0 Å². The van der Waals surface area contributed by atoms with Crippen molar-refractivity contribution in [1.29, 1.82) is 0 Å². The number of hydrogen-bond acceptors (Lipinski definition) is 4. The minimum atomic E-state index is 0.141. The van der Waals surface area contributed by atoms with Gasteiger partial charge < -0.3 is 0 Å². The van der Waals surface area contributed by atoms with Gasteiger partial charge in [-0.2, -0.15) is 11.8 Å². The van der Waals surface area contributed by atoms with Gasteiger partial charge >= 0.3 is 0 Å². The lowest BCUT2D eigenvalue weighted by molar-refractivity contribution is 0.0933. The quantitative estimate of drug-likeness (QED) is 0.621. The second kappa shape index (κ2) is 2.90. The first-order valence-electron chi connectivity index (χ1n) is 3.75. The van der Waals surface area contributed by atoms with Crippen LogP contribution in [0.3, 0.4) is 0 Å². The number of carbonyl (C=O) groups is 1. The van der Waals surface area contributed by atoms with Crippen LogP contribution in [0.25, 0.3) is 0 Å². The molecule has 0 saturated carbocycles. The maximum absolute atomic E-state index is 11.5. The molecule has 4 nitrogen and oxygen atoms in total. The molecule has 1 fully saturated rings. The zero-order chi connectivity index (χ0) is 8.55. The summed E-state index contributed by atoms with van der Waals surface area (Å²) in [6.07, 6.45) is 1.67. The van der Waals surface area contributed by atoms with Gasteiger partial charge in [0.15, 0.2) is 5.78 Å². The summed E-state index contributed by atoms with van der Waals surface area (Å²) in [5, 5.41) is 7.49. The van der Waals surface area contributed by atoms with Gasteiger partial charge in [-0.05, 0) is 0 Å². The number of Topliss-reactive ketones (excluding diaryl/α,β-unsaturated/α-hetero) is 1. The van der Waals surface area contributed by atoms with Crippen LogP contribution in [0.4, 0.5) is 0 Å². The average Bonchev–Trinajstić information content (AvgIpc) is 2.31. The summed E-state index contributed by atoms with van der Waals surface area (Å²) in [6, 6.07) is 0. The molecule has 0 unspecified atom stereocenters. The van der Waals surface area contributed by atoms with Crippen molar-refractivity contribution in [3.63, 3.8) is 0 Å². The van der Waals surface area contributed by atoms with E-state index in [9.17, 15) is 4.79 Å². The normalized spacial score (nSPS) is 17.4. The highest BCUT2D eigenvalue weighted by atomic mass is 32.2. The lowest BCUT2D eigenvalue weighted by atomic mass is 10.1. The van der Waals surface area contributed by atoms with E-state index in [0.29, 0.717) is 5.69 Å². The van der Waals surface area contributed by atoms with Crippen molar-refractivity contribution in [2.45, 2.75) is 0 Å². The number of carbonyl (C=O) groups excluding carboxylic acids is 1. The van der Waals surface area contributed by atoms with E-state index in [2.05, 4.69) is 10.3 Å². The average molecular weight is 183 g/mol. The van der Waals surface area contributed by atoms with E-state index in [1.54, 1.807) is 29.7 Å². The molecule has 1 aliphatic rings. The van der Waals surface area contributed by atoms with Gasteiger partial charge in [0.2, 0.25) is 0 Å². The number of aromatic nitrogens is 3. The molecular formula is C7H9N3OS. The molecule has 0 radical (unpaired) electrons. The molecule has 64 valence electrons. The Morgan fingerprint density at radius 3 is 2.92 bits per heavy atom. The second-order valence-electron chi connectivity index (χ2n) is 2.88. The van der Waals surface area contributed by atoms with Crippen LogP contribution in [0.5, 0.6) is 0 Å². The number of rotatable bonds is 2. The maximum atomic E-state index is 11.5. The molecule has 0 bridgehead atoms. The van der Waals surface area contributed by atoms with E-state index >= 15 is 0 Å². The van der Waals surface area contributed by atoms with Crippen molar-refractivity contribution < 1.29 is 4.79 Å². The predicted octanol–water partition coefficient (Wildman–Crippen LogP) is 0.361. The molecule has 0 N–H and O–H groups in total. The number of thioether (sulfide) groups is 1. The molecule has 1 aromatic heterocycles. The fourth-order valence-electron chi connectivity index (χ4n) is 1.06. The Hall–Kier alpha value is -0.840. The summed E-state index contributed by atoms with van der Waals surface area (Å²) >= 11 is 1.80. The van der Waals surface area contributed by atoms with Gasteiger partial charge in [0.1, 0.15) is 5.69 Å². The van der Waals surface area contributed by atoms with Crippen molar-refractivity contribution in [1.82, 2.24) is 15.0 Å². The summed E-state index contributed by atoms with van der Waals surface area (Å²) in [7, 11) is 1.76. The molecule has 12 heavy (non-hydrogen) atoms. The van der Waals surface area contributed by atoms with Gasteiger partial charge in [-0.3, -0.25) is 9.48 Å².